The summed E-state index contributed by atoms with van der Waals surface area (Å²) in [6, 6.07) is 23.5. The lowest BCUT2D eigenvalue weighted by Gasteiger charge is -2.14. The van der Waals surface area contributed by atoms with Crippen molar-refractivity contribution in [2.75, 3.05) is 0 Å². The highest BCUT2D eigenvalue weighted by molar-refractivity contribution is 5.79. The van der Waals surface area contributed by atoms with E-state index in [0.717, 1.165) is 11.3 Å². The van der Waals surface area contributed by atoms with Crippen LogP contribution in [0.1, 0.15) is 25.3 Å². The standard InChI is InChI=1S/C26H21FN4O/c1-17(2)18-11-13-19(14-12-18)24-29-25-23(16-28-31(25)21-8-4-3-5-9-21)26(32)30(24)22-10-6-7-20(27)15-22/h3-17H,1-2H3. The lowest BCUT2D eigenvalue weighted by atomic mass is 10.0. The number of aromatic nitrogens is 4. The van der Waals surface area contributed by atoms with Crippen LogP contribution in [-0.4, -0.2) is 19.3 Å². The molecule has 0 amide bonds. The first kappa shape index (κ1) is 19.9. The largest absolute Gasteiger partial charge is 0.269 e. The molecule has 0 radical (unpaired) electrons. The lowest BCUT2D eigenvalue weighted by molar-refractivity contribution is 0.626. The zero-order valence-electron chi connectivity index (χ0n) is 17.7. The predicted octanol–water partition coefficient (Wildman–Crippen LogP) is 5.50. The molecule has 5 rings (SSSR count). The SMILES string of the molecule is CC(C)c1ccc(-c2nc3c(cnn3-c3ccccc3)c(=O)n2-c2cccc(F)c2)cc1. The summed E-state index contributed by atoms with van der Waals surface area (Å²) in [6.07, 6.45) is 1.51. The van der Waals surface area contributed by atoms with E-state index in [1.54, 1.807) is 16.8 Å². The third kappa shape index (κ3) is 3.39. The summed E-state index contributed by atoms with van der Waals surface area (Å²) in [5.74, 6) is 0.390. The minimum Gasteiger partial charge on any atom is -0.268 e. The molecule has 0 unspecified atom stereocenters. The van der Waals surface area contributed by atoms with Crippen molar-refractivity contribution in [3.63, 3.8) is 0 Å². The first-order chi connectivity index (χ1) is 15.5. The van der Waals surface area contributed by atoms with Crippen LogP contribution in [0.3, 0.4) is 0 Å². The van der Waals surface area contributed by atoms with Gasteiger partial charge < -0.3 is 0 Å². The molecule has 158 valence electrons. The first-order valence-corrected chi connectivity index (χ1v) is 10.5. The monoisotopic (exact) mass is 424 g/mol. The van der Waals surface area contributed by atoms with Crippen LogP contribution in [-0.2, 0) is 0 Å². The minimum atomic E-state index is -0.421. The molecule has 0 aliphatic heterocycles. The van der Waals surface area contributed by atoms with Crippen molar-refractivity contribution in [2.45, 2.75) is 19.8 Å². The molecule has 32 heavy (non-hydrogen) atoms. The fraction of sp³-hybridized carbons (Fsp3) is 0.115. The Labute approximate surface area is 184 Å². The number of nitrogens with zero attached hydrogens (tertiary/aromatic N) is 4. The number of benzene rings is 3. The molecule has 0 aliphatic rings. The molecule has 0 saturated carbocycles. The average Bonchev–Trinajstić information content (AvgIpc) is 3.24. The maximum absolute atomic E-state index is 14.0. The molecular formula is C26H21FN4O. The summed E-state index contributed by atoms with van der Waals surface area (Å²) < 4.78 is 17.2. The van der Waals surface area contributed by atoms with Crippen LogP contribution >= 0.6 is 0 Å². The fourth-order valence-corrected chi connectivity index (χ4v) is 3.79. The topological polar surface area (TPSA) is 52.7 Å². The van der Waals surface area contributed by atoms with Gasteiger partial charge in [-0.3, -0.25) is 9.36 Å². The molecule has 2 aromatic heterocycles. The summed E-state index contributed by atoms with van der Waals surface area (Å²) in [4.78, 5) is 18.5. The molecule has 2 heterocycles. The normalized spacial score (nSPS) is 11.4. The Kier molecular flexibility index (Phi) is 4.90. The average molecular weight is 424 g/mol. The minimum absolute atomic E-state index is 0.300. The van der Waals surface area contributed by atoms with Crippen molar-refractivity contribution in [1.82, 2.24) is 19.3 Å². The van der Waals surface area contributed by atoms with Crippen molar-refractivity contribution >= 4 is 11.0 Å². The van der Waals surface area contributed by atoms with Gasteiger partial charge in [0.2, 0.25) is 0 Å². The van der Waals surface area contributed by atoms with E-state index in [-0.39, 0.29) is 5.56 Å². The Bertz CT molecular complexity index is 1470. The van der Waals surface area contributed by atoms with Crippen LogP contribution in [0, 0.1) is 5.82 Å². The van der Waals surface area contributed by atoms with Gasteiger partial charge in [-0.2, -0.15) is 5.10 Å². The van der Waals surface area contributed by atoms with E-state index < -0.39 is 5.82 Å². The van der Waals surface area contributed by atoms with Crippen molar-refractivity contribution in [3.05, 3.63) is 107 Å². The highest BCUT2D eigenvalue weighted by Crippen LogP contribution is 2.25. The van der Waals surface area contributed by atoms with Crippen LogP contribution in [0.2, 0.25) is 0 Å². The molecule has 0 fully saturated rings. The molecule has 5 aromatic rings. The van der Waals surface area contributed by atoms with Gasteiger partial charge in [-0.15, -0.1) is 0 Å². The quantitative estimate of drug-likeness (QED) is 0.383. The molecule has 0 aliphatic carbocycles. The van der Waals surface area contributed by atoms with Gasteiger partial charge in [0.25, 0.3) is 5.56 Å². The third-order valence-corrected chi connectivity index (χ3v) is 5.50. The Hall–Kier alpha value is -4.06. The van der Waals surface area contributed by atoms with Gasteiger partial charge in [-0.1, -0.05) is 62.4 Å². The van der Waals surface area contributed by atoms with Gasteiger partial charge in [0, 0.05) is 5.56 Å². The number of halogens is 1. The van der Waals surface area contributed by atoms with Gasteiger partial charge in [0.15, 0.2) is 5.65 Å². The molecule has 0 saturated heterocycles. The second kappa shape index (κ2) is 7.89. The van der Waals surface area contributed by atoms with E-state index in [4.69, 9.17) is 4.98 Å². The van der Waals surface area contributed by atoms with E-state index in [1.165, 1.54) is 28.5 Å². The van der Waals surface area contributed by atoms with E-state index in [2.05, 4.69) is 18.9 Å². The second-order valence-corrected chi connectivity index (χ2v) is 7.96. The van der Waals surface area contributed by atoms with Crippen molar-refractivity contribution < 1.29 is 4.39 Å². The highest BCUT2D eigenvalue weighted by atomic mass is 19.1. The molecular weight excluding hydrogens is 403 g/mol. The number of rotatable bonds is 4. The second-order valence-electron chi connectivity index (χ2n) is 7.96. The van der Waals surface area contributed by atoms with E-state index in [9.17, 15) is 9.18 Å². The molecule has 0 spiro atoms. The van der Waals surface area contributed by atoms with E-state index in [1.807, 2.05) is 54.6 Å². The zero-order valence-corrected chi connectivity index (χ0v) is 17.7. The first-order valence-electron chi connectivity index (χ1n) is 10.5. The third-order valence-electron chi connectivity index (χ3n) is 5.50. The van der Waals surface area contributed by atoms with Crippen molar-refractivity contribution in [1.29, 1.82) is 0 Å². The van der Waals surface area contributed by atoms with Gasteiger partial charge in [-0.25, -0.2) is 14.1 Å². The van der Waals surface area contributed by atoms with Gasteiger partial charge >= 0.3 is 0 Å². The lowest BCUT2D eigenvalue weighted by Crippen LogP contribution is -2.22. The maximum Gasteiger partial charge on any atom is 0.269 e. The fourth-order valence-electron chi connectivity index (χ4n) is 3.79. The number of hydrogen-bond acceptors (Lipinski definition) is 3. The smallest absolute Gasteiger partial charge is 0.268 e. The molecule has 5 nitrogen and oxygen atoms in total. The Morgan fingerprint density at radius 2 is 1.59 bits per heavy atom. The van der Waals surface area contributed by atoms with Crippen LogP contribution in [0.5, 0.6) is 0 Å². The summed E-state index contributed by atoms with van der Waals surface area (Å²) in [5.41, 5.74) is 3.32. The molecule has 0 N–H and O–H groups in total. The van der Waals surface area contributed by atoms with Gasteiger partial charge in [-0.05, 0) is 41.8 Å². The van der Waals surface area contributed by atoms with Crippen molar-refractivity contribution in [2.24, 2.45) is 0 Å². The predicted molar refractivity (Wildman–Crippen MR) is 124 cm³/mol. The maximum atomic E-state index is 14.0. The zero-order chi connectivity index (χ0) is 22.2. The van der Waals surface area contributed by atoms with E-state index >= 15 is 0 Å². The summed E-state index contributed by atoms with van der Waals surface area (Å²) in [7, 11) is 0. The Morgan fingerprint density at radius 3 is 2.28 bits per heavy atom. The van der Waals surface area contributed by atoms with Crippen LogP contribution in [0.25, 0.3) is 33.8 Å². The molecule has 0 bridgehead atoms. The number of hydrogen-bond donors (Lipinski definition) is 0. The number of fused-ring (bicyclic) bond motifs is 1. The van der Waals surface area contributed by atoms with Crippen molar-refractivity contribution in [3.8, 4) is 22.8 Å². The Balaban J connectivity index is 1.82. The Morgan fingerprint density at radius 1 is 0.875 bits per heavy atom. The van der Waals surface area contributed by atoms with E-state index in [0.29, 0.717) is 28.5 Å². The van der Waals surface area contributed by atoms with Crippen LogP contribution in [0.15, 0.2) is 89.9 Å². The van der Waals surface area contributed by atoms with Crippen LogP contribution < -0.4 is 5.56 Å². The summed E-state index contributed by atoms with van der Waals surface area (Å²) >= 11 is 0. The molecule has 3 aromatic carbocycles. The molecule has 0 atom stereocenters. The summed E-state index contributed by atoms with van der Waals surface area (Å²) in [5, 5.41) is 4.78. The molecule has 6 heteroatoms. The highest BCUT2D eigenvalue weighted by Gasteiger charge is 2.19. The van der Waals surface area contributed by atoms with Gasteiger partial charge in [0.1, 0.15) is 17.0 Å². The summed E-state index contributed by atoms with van der Waals surface area (Å²) in [6.45, 7) is 4.25. The van der Waals surface area contributed by atoms with Gasteiger partial charge in [0.05, 0.1) is 17.6 Å². The number of para-hydroxylation sites is 1. The van der Waals surface area contributed by atoms with Crippen LogP contribution in [0.4, 0.5) is 4.39 Å².